The van der Waals surface area contributed by atoms with Crippen LogP contribution in [0.1, 0.15) is 16.9 Å². The fourth-order valence-corrected chi connectivity index (χ4v) is 4.53. The molecule has 5 rings (SSSR count). The molecule has 21 heavy (non-hydrogen) atoms. The third-order valence-corrected chi connectivity index (χ3v) is 5.47. The van der Waals surface area contributed by atoms with E-state index in [1.807, 2.05) is 11.3 Å². The second-order valence-electron chi connectivity index (χ2n) is 5.57. The van der Waals surface area contributed by atoms with Crippen LogP contribution in [-0.4, -0.2) is 4.98 Å². The normalized spacial score (nSPS) is 14.1. The first-order valence-electron chi connectivity index (χ1n) is 7.30. The zero-order valence-corrected chi connectivity index (χ0v) is 12.3. The Morgan fingerprint density at radius 2 is 1.95 bits per heavy atom. The molecule has 0 radical (unpaired) electrons. The van der Waals surface area contributed by atoms with Gasteiger partial charge in [0.1, 0.15) is 0 Å². The summed E-state index contributed by atoms with van der Waals surface area (Å²) < 4.78 is 1.39. The van der Waals surface area contributed by atoms with Crippen LogP contribution in [0.3, 0.4) is 0 Å². The number of fused-ring (bicyclic) bond motifs is 6. The lowest BCUT2D eigenvalue weighted by Gasteiger charge is -2.07. The highest BCUT2D eigenvalue weighted by atomic mass is 32.1. The molecule has 0 unspecified atom stereocenters. The minimum absolute atomic E-state index is 1.08. The molecule has 2 aromatic carbocycles. The number of rotatable bonds is 0. The van der Waals surface area contributed by atoms with Crippen LogP contribution >= 0.6 is 11.3 Å². The molecule has 2 heterocycles. The van der Waals surface area contributed by atoms with Gasteiger partial charge in [-0.05, 0) is 48.7 Å². The molecule has 2 aromatic heterocycles. The van der Waals surface area contributed by atoms with Crippen LogP contribution in [0.5, 0.6) is 0 Å². The lowest BCUT2D eigenvalue weighted by molar-refractivity contribution is 1.01. The fourth-order valence-electron chi connectivity index (χ4n) is 3.33. The van der Waals surface area contributed by atoms with Gasteiger partial charge in [-0.15, -0.1) is 11.3 Å². The van der Waals surface area contributed by atoms with E-state index < -0.39 is 0 Å². The molecule has 0 bridgehead atoms. The smallest absolute Gasteiger partial charge is 0.0716 e. The Hall–Kier alpha value is -2.19. The second kappa shape index (κ2) is 4.15. The van der Waals surface area contributed by atoms with Gasteiger partial charge in [-0.1, -0.05) is 24.3 Å². The molecule has 0 atom stereocenters. The third-order valence-electron chi connectivity index (χ3n) is 4.31. The van der Waals surface area contributed by atoms with Crippen LogP contribution in [0, 0.1) is 0 Å². The maximum absolute atomic E-state index is 4.84. The first-order valence-corrected chi connectivity index (χ1v) is 8.12. The minimum Gasteiger partial charge on any atom is -0.248 e. The highest BCUT2D eigenvalue weighted by molar-refractivity contribution is 7.20. The minimum atomic E-state index is 1.08. The van der Waals surface area contributed by atoms with Crippen molar-refractivity contribution in [2.24, 2.45) is 0 Å². The predicted molar refractivity (Wildman–Crippen MR) is 92.0 cm³/mol. The Balaban J connectivity index is 2.00. The number of nitrogens with zero attached hydrogens (tertiary/aromatic N) is 1. The van der Waals surface area contributed by atoms with Crippen LogP contribution in [0.2, 0.25) is 0 Å². The van der Waals surface area contributed by atoms with Gasteiger partial charge in [0.15, 0.2) is 0 Å². The summed E-state index contributed by atoms with van der Waals surface area (Å²) in [6.45, 7) is 0. The summed E-state index contributed by atoms with van der Waals surface area (Å²) in [5.41, 5.74) is 3.70. The van der Waals surface area contributed by atoms with Gasteiger partial charge in [0, 0.05) is 25.7 Å². The lowest BCUT2D eigenvalue weighted by atomic mass is 9.98. The largest absolute Gasteiger partial charge is 0.248 e. The van der Waals surface area contributed by atoms with E-state index in [2.05, 4.69) is 54.6 Å². The molecule has 0 amide bonds. The van der Waals surface area contributed by atoms with E-state index in [1.54, 1.807) is 0 Å². The fraction of sp³-hybridized carbons (Fsp3) is 0.105. The Bertz CT molecular complexity index is 1040. The Morgan fingerprint density at radius 1 is 1.00 bits per heavy atom. The van der Waals surface area contributed by atoms with E-state index in [1.165, 1.54) is 31.3 Å². The maximum atomic E-state index is 4.84. The molecule has 0 spiro atoms. The molecule has 1 aliphatic rings. The summed E-state index contributed by atoms with van der Waals surface area (Å²) in [5, 5.41) is 3.96. The maximum Gasteiger partial charge on any atom is 0.0716 e. The van der Waals surface area contributed by atoms with Crippen molar-refractivity contribution in [1.82, 2.24) is 4.98 Å². The Morgan fingerprint density at radius 3 is 2.95 bits per heavy atom. The van der Waals surface area contributed by atoms with Gasteiger partial charge < -0.3 is 0 Å². The van der Waals surface area contributed by atoms with Gasteiger partial charge in [0.05, 0.1) is 11.0 Å². The molecule has 0 fully saturated rings. The second-order valence-corrected chi connectivity index (χ2v) is 6.66. The molecular formula is C19H13NS. The predicted octanol–water partition coefficient (Wildman–Crippen LogP) is 5.56. The van der Waals surface area contributed by atoms with Crippen molar-refractivity contribution in [2.75, 3.05) is 0 Å². The SMILES string of the molecule is C1=Cc2sc3ccc4nc5ccccc5cc4c3c2CC1. The number of thiophene rings is 1. The number of hydrogen-bond donors (Lipinski definition) is 0. The van der Waals surface area contributed by atoms with Crippen LogP contribution in [0.4, 0.5) is 0 Å². The van der Waals surface area contributed by atoms with Gasteiger partial charge in [-0.25, -0.2) is 4.98 Å². The molecular weight excluding hydrogens is 274 g/mol. The molecule has 0 N–H and O–H groups in total. The number of para-hydroxylation sites is 1. The molecule has 1 aliphatic carbocycles. The first kappa shape index (κ1) is 11.5. The van der Waals surface area contributed by atoms with Gasteiger partial charge >= 0.3 is 0 Å². The quantitative estimate of drug-likeness (QED) is 0.386. The number of hydrogen-bond acceptors (Lipinski definition) is 2. The van der Waals surface area contributed by atoms with Gasteiger partial charge in [0.2, 0.25) is 0 Å². The molecule has 0 aliphatic heterocycles. The van der Waals surface area contributed by atoms with Crippen molar-refractivity contribution in [3.05, 3.63) is 59.0 Å². The highest BCUT2D eigenvalue weighted by Gasteiger charge is 2.15. The molecule has 4 aromatic rings. The zero-order chi connectivity index (χ0) is 13.8. The van der Waals surface area contributed by atoms with Crippen LogP contribution in [0.25, 0.3) is 38.0 Å². The van der Waals surface area contributed by atoms with Crippen molar-refractivity contribution in [2.45, 2.75) is 12.8 Å². The van der Waals surface area contributed by atoms with E-state index >= 15 is 0 Å². The van der Waals surface area contributed by atoms with Gasteiger partial charge in [-0.3, -0.25) is 0 Å². The van der Waals surface area contributed by atoms with Gasteiger partial charge in [-0.2, -0.15) is 0 Å². The molecule has 100 valence electrons. The molecule has 0 saturated heterocycles. The van der Waals surface area contributed by atoms with Crippen molar-refractivity contribution in [3.8, 4) is 0 Å². The summed E-state index contributed by atoms with van der Waals surface area (Å²) in [7, 11) is 0. The number of benzene rings is 2. The van der Waals surface area contributed by atoms with E-state index in [-0.39, 0.29) is 0 Å². The van der Waals surface area contributed by atoms with Crippen LogP contribution in [-0.2, 0) is 6.42 Å². The summed E-state index contributed by atoms with van der Waals surface area (Å²) >= 11 is 1.91. The van der Waals surface area contributed by atoms with Gasteiger partial charge in [0.25, 0.3) is 0 Å². The molecule has 2 heteroatoms. The average Bonchev–Trinajstić information content (AvgIpc) is 2.92. The van der Waals surface area contributed by atoms with Crippen molar-refractivity contribution in [3.63, 3.8) is 0 Å². The summed E-state index contributed by atoms with van der Waals surface area (Å²) in [6.07, 6.45) is 6.87. The van der Waals surface area contributed by atoms with Crippen molar-refractivity contribution in [1.29, 1.82) is 0 Å². The summed E-state index contributed by atoms with van der Waals surface area (Å²) in [4.78, 5) is 6.27. The highest BCUT2D eigenvalue weighted by Crippen LogP contribution is 2.39. The number of aromatic nitrogens is 1. The summed E-state index contributed by atoms with van der Waals surface area (Å²) in [6, 6.07) is 15.1. The van der Waals surface area contributed by atoms with E-state index in [0.717, 1.165) is 23.9 Å². The standard InChI is InChI=1S/C19H13NS/c1-3-7-15-12(5-1)11-14-16(20-15)9-10-18-19(14)13-6-2-4-8-17(13)21-18/h1,3-5,7-11H,2,6H2. The first-order chi connectivity index (χ1) is 10.4. The Kier molecular flexibility index (Phi) is 2.27. The number of allylic oxidation sites excluding steroid dienone is 1. The lowest BCUT2D eigenvalue weighted by Crippen LogP contribution is -1.90. The summed E-state index contributed by atoms with van der Waals surface area (Å²) in [5.74, 6) is 0. The van der Waals surface area contributed by atoms with E-state index in [0.29, 0.717) is 0 Å². The molecule has 0 saturated carbocycles. The number of pyridine rings is 1. The van der Waals surface area contributed by atoms with E-state index in [4.69, 9.17) is 4.98 Å². The Labute approximate surface area is 126 Å². The third kappa shape index (κ3) is 1.60. The van der Waals surface area contributed by atoms with Crippen LogP contribution in [0.15, 0.2) is 48.5 Å². The van der Waals surface area contributed by atoms with Crippen molar-refractivity contribution >= 4 is 49.3 Å². The van der Waals surface area contributed by atoms with E-state index in [9.17, 15) is 0 Å². The van der Waals surface area contributed by atoms with Crippen LogP contribution < -0.4 is 0 Å². The average molecular weight is 287 g/mol. The van der Waals surface area contributed by atoms with Crippen molar-refractivity contribution < 1.29 is 0 Å². The number of aryl methyl sites for hydroxylation is 1. The topological polar surface area (TPSA) is 12.9 Å². The monoisotopic (exact) mass is 287 g/mol. The zero-order valence-electron chi connectivity index (χ0n) is 11.5. The molecule has 1 nitrogen and oxygen atoms in total.